The van der Waals surface area contributed by atoms with Crippen molar-refractivity contribution in [3.05, 3.63) is 71.5 Å². The van der Waals surface area contributed by atoms with E-state index in [1.807, 2.05) is 39.8 Å². The molecule has 0 radical (unpaired) electrons. The molecule has 1 heterocycles. The van der Waals surface area contributed by atoms with Crippen molar-refractivity contribution in [3.63, 3.8) is 0 Å². The van der Waals surface area contributed by atoms with E-state index in [4.69, 9.17) is 4.52 Å². The number of nitrogens with one attached hydrogen (secondary N) is 2. The van der Waals surface area contributed by atoms with Gasteiger partial charge in [-0.05, 0) is 37.3 Å². The zero-order valence-electron chi connectivity index (χ0n) is 16.7. The standard InChI is InChI=1S/C21H23N3O4S/c1-14-8-10-16(11-9-14)24-29(26,27)17-7-5-6-15(12-17)20(25)22-19-13-18(28-23-19)21(2,3)4/h5-13,24H,1-4H3,(H,22,23,25). The maximum atomic E-state index is 12.7. The maximum Gasteiger partial charge on any atom is 0.261 e. The molecule has 0 fully saturated rings. The lowest BCUT2D eigenvalue weighted by molar-refractivity contribution is 0.102. The summed E-state index contributed by atoms with van der Waals surface area (Å²) in [6.07, 6.45) is 0. The normalized spacial score (nSPS) is 11.9. The minimum Gasteiger partial charge on any atom is -0.359 e. The summed E-state index contributed by atoms with van der Waals surface area (Å²) >= 11 is 0. The van der Waals surface area contributed by atoms with E-state index in [1.165, 1.54) is 24.3 Å². The van der Waals surface area contributed by atoms with Crippen LogP contribution in [0.2, 0.25) is 0 Å². The average molecular weight is 413 g/mol. The highest BCUT2D eigenvalue weighted by molar-refractivity contribution is 7.92. The van der Waals surface area contributed by atoms with Gasteiger partial charge in [0.2, 0.25) is 0 Å². The second-order valence-electron chi connectivity index (χ2n) is 7.78. The highest BCUT2D eigenvalue weighted by atomic mass is 32.2. The molecule has 1 amide bonds. The molecule has 0 saturated carbocycles. The molecule has 1 aromatic heterocycles. The van der Waals surface area contributed by atoms with Gasteiger partial charge in [-0.25, -0.2) is 8.42 Å². The third-order valence-electron chi connectivity index (χ3n) is 4.20. The molecule has 3 rings (SSSR count). The van der Waals surface area contributed by atoms with Crippen LogP contribution in [0, 0.1) is 6.92 Å². The van der Waals surface area contributed by atoms with Crippen LogP contribution in [0.3, 0.4) is 0 Å². The quantitative estimate of drug-likeness (QED) is 0.648. The topological polar surface area (TPSA) is 101 Å². The van der Waals surface area contributed by atoms with Crippen molar-refractivity contribution >= 4 is 27.4 Å². The molecule has 0 aliphatic carbocycles. The Hall–Kier alpha value is -3.13. The fraction of sp³-hybridized carbons (Fsp3) is 0.238. The molecular formula is C21H23N3O4S. The Balaban J connectivity index is 1.78. The summed E-state index contributed by atoms with van der Waals surface area (Å²) in [4.78, 5) is 12.5. The first-order valence-corrected chi connectivity index (χ1v) is 10.5. The van der Waals surface area contributed by atoms with Crippen LogP contribution in [0.15, 0.2) is 64.0 Å². The number of amides is 1. The zero-order chi connectivity index (χ0) is 21.2. The largest absolute Gasteiger partial charge is 0.359 e. The van der Waals surface area contributed by atoms with Crippen molar-refractivity contribution in [3.8, 4) is 0 Å². The van der Waals surface area contributed by atoms with Gasteiger partial charge >= 0.3 is 0 Å². The number of carbonyl (C=O) groups is 1. The second kappa shape index (κ2) is 7.71. The van der Waals surface area contributed by atoms with Gasteiger partial charge in [0.1, 0.15) is 5.76 Å². The van der Waals surface area contributed by atoms with Crippen LogP contribution < -0.4 is 10.0 Å². The number of hydrogen-bond acceptors (Lipinski definition) is 5. The summed E-state index contributed by atoms with van der Waals surface area (Å²) < 4.78 is 33.1. The summed E-state index contributed by atoms with van der Waals surface area (Å²) in [5.74, 6) is 0.420. The number of sulfonamides is 1. The van der Waals surface area contributed by atoms with Crippen molar-refractivity contribution < 1.29 is 17.7 Å². The van der Waals surface area contributed by atoms with E-state index in [9.17, 15) is 13.2 Å². The Morgan fingerprint density at radius 3 is 2.34 bits per heavy atom. The van der Waals surface area contributed by atoms with E-state index in [0.29, 0.717) is 11.4 Å². The highest BCUT2D eigenvalue weighted by Gasteiger charge is 2.21. The maximum absolute atomic E-state index is 12.7. The predicted molar refractivity (Wildman–Crippen MR) is 112 cm³/mol. The van der Waals surface area contributed by atoms with Crippen LogP contribution in [0.5, 0.6) is 0 Å². The number of anilines is 2. The molecule has 0 bridgehead atoms. The van der Waals surface area contributed by atoms with Crippen LogP contribution >= 0.6 is 0 Å². The molecule has 0 unspecified atom stereocenters. The number of carbonyl (C=O) groups excluding carboxylic acids is 1. The molecule has 7 nitrogen and oxygen atoms in total. The molecule has 0 aliphatic rings. The summed E-state index contributed by atoms with van der Waals surface area (Å²) in [7, 11) is -3.83. The van der Waals surface area contributed by atoms with E-state index in [2.05, 4.69) is 15.2 Å². The lowest BCUT2D eigenvalue weighted by Crippen LogP contribution is -2.16. The molecule has 2 N–H and O–H groups in total. The van der Waals surface area contributed by atoms with E-state index in [0.717, 1.165) is 5.56 Å². The fourth-order valence-electron chi connectivity index (χ4n) is 2.52. The summed E-state index contributed by atoms with van der Waals surface area (Å²) in [6.45, 7) is 7.82. The van der Waals surface area contributed by atoms with Crippen molar-refractivity contribution in [1.82, 2.24) is 5.16 Å². The molecule has 29 heavy (non-hydrogen) atoms. The summed E-state index contributed by atoms with van der Waals surface area (Å²) in [5, 5.41) is 6.47. The van der Waals surface area contributed by atoms with Crippen LogP contribution in [0.1, 0.15) is 42.5 Å². The van der Waals surface area contributed by atoms with Gasteiger partial charge < -0.3 is 9.84 Å². The number of benzene rings is 2. The lowest BCUT2D eigenvalue weighted by atomic mass is 9.93. The molecule has 0 aliphatic heterocycles. The van der Waals surface area contributed by atoms with Crippen molar-refractivity contribution in [2.75, 3.05) is 10.0 Å². The van der Waals surface area contributed by atoms with Crippen LogP contribution in [0.4, 0.5) is 11.5 Å². The zero-order valence-corrected chi connectivity index (χ0v) is 17.5. The Morgan fingerprint density at radius 1 is 1.03 bits per heavy atom. The van der Waals surface area contributed by atoms with Gasteiger partial charge in [0.25, 0.3) is 15.9 Å². The molecule has 0 spiro atoms. The first kappa shape index (κ1) is 20.6. The third-order valence-corrected chi connectivity index (χ3v) is 5.58. The van der Waals surface area contributed by atoms with Gasteiger partial charge in [-0.1, -0.05) is 49.7 Å². The van der Waals surface area contributed by atoms with Crippen LogP contribution in [-0.2, 0) is 15.4 Å². The Morgan fingerprint density at radius 2 is 1.72 bits per heavy atom. The van der Waals surface area contributed by atoms with Gasteiger partial charge in [-0.2, -0.15) is 0 Å². The van der Waals surface area contributed by atoms with Gasteiger partial charge in [0.05, 0.1) is 4.90 Å². The average Bonchev–Trinajstić information content (AvgIpc) is 3.12. The molecule has 0 atom stereocenters. The minimum atomic E-state index is -3.83. The Bertz CT molecular complexity index is 1130. The lowest BCUT2D eigenvalue weighted by Gasteiger charge is -2.12. The smallest absolute Gasteiger partial charge is 0.261 e. The van der Waals surface area contributed by atoms with Crippen molar-refractivity contribution in [1.29, 1.82) is 0 Å². The Labute approximate surface area is 170 Å². The van der Waals surface area contributed by atoms with Crippen LogP contribution in [0.25, 0.3) is 0 Å². The predicted octanol–water partition coefficient (Wildman–Crippen LogP) is 4.33. The molecule has 2 aromatic carbocycles. The van der Waals surface area contributed by atoms with Gasteiger partial charge in [0, 0.05) is 22.7 Å². The van der Waals surface area contributed by atoms with Gasteiger partial charge in [0.15, 0.2) is 5.82 Å². The number of hydrogen-bond donors (Lipinski definition) is 2. The van der Waals surface area contributed by atoms with Crippen LogP contribution in [-0.4, -0.2) is 19.5 Å². The molecule has 8 heteroatoms. The first-order chi connectivity index (χ1) is 13.5. The molecule has 0 saturated heterocycles. The number of aromatic nitrogens is 1. The first-order valence-electron chi connectivity index (χ1n) is 9.03. The number of aryl methyl sites for hydroxylation is 1. The Kier molecular flexibility index (Phi) is 5.48. The van der Waals surface area contributed by atoms with Gasteiger partial charge in [-0.3, -0.25) is 9.52 Å². The SMILES string of the molecule is Cc1ccc(NS(=O)(=O)c2cccc(C(=O)Nc3cc(C(C)(C)C)on3)c2)cc1. The van der Waals surface area contributed by atoms with E-state index < -0.39 is 15.9 Å². The van der Waals surface area contributed by atoms with E-state index in [1.54, 1.807) is 18.2 Å². The summed E-state index contributed by atoms with van der Waals surface area (Å²) in [6, 6.07) is 14.4. The monoisotopic (exact) mass is 413 g/mol. The van der Waals surface area contributed by atoms with Gasteiger partial charge in [-0.15, -0.1) is 0 Å². The molecular weight excluding hydrogens is 390 g/mol. The van der Waals surface area contributed by atoms with E-state index in [-0.39, 0.29) is 21.7 Å². The summed E-state index contributed by atoms with van der Waals surface area (Å²) in [5.41, 5.74) is 1.42. The fourth-order valence-corrected chi connectivity index (χ4v) is 3.62. The minimum absolute atomic E-state index is 0.0127. The number of nitrogens with zero attached hydrogens (tertiary/aromatic N) is 1. The molecule has 152 valence electrons. The molecule has 3 aromatic rings. The third kappa shape index (κ3) is 5.03. The van der Waals surface area contributed by atoms with Crippen molar-refractivity contribution in [2.24, 2.45) is 0 Å². The number of rotatable bonds is 5. The van der Waals surface area contributed by atoms with Crippen molar-refractivity contribution in [2.45, 2.75) is 38.0 Å². The highest BCUT2D eigenvalue weighted by Crippen LogP contribution is 2.25. The second-order valence-corrected chi connectivity index (χ2v) is 9.46. The van der Waals surface area contributed by atoms with E-state index >= 15 is 0 Å².